The quantitative estimate of drug-likeness (QED) is 0.414. The summed E-state index contributed by atoms with van der Waals surface area (Å²) < 4.78 is 0. The van der Waals surface area contributed by atoms with Crippen molar-refractivity contribution in [1.82, 2.24) is 0 Å². The van der Waals surface area contributed by atoms with Crippen LogP contribution in [0.25, 0.3) is 0 Å². The molecule has 0 rings (SSSR count). The number of oxime groups is 1. The summed E-state index contributed by atoms with van der Waals surface area (Å²) in [5.41, 5.74) is 0.794. The molecular formula is C7H15NO. The molecule has 0 N–H and O–H groups in total. The van der Waals surface area contributed by atoms with E-state index in [-0.39, 0.29) is 0 Å². The highest BCUT2D eigenvalue weighted by atomic mass is 16.6. The van der Waals surface area contributed by atoms with Crippen LogP contribution in [0.3, 0.4) is 0 Å². The van der Waals surface area contributed by atoms with Crippen LogP contribution in [-0.2, 0) is 4.84 Å². The fraction of sp³-hybridized carbons (Fsp3) is 0.571. The van der Waals surface area contributed by atoms with Crippen molar-refractivity contribution in [2.24, 2.45) is 5.16 Å². The molecule has 0 aromatic rings. The van der Waals surface area contributed by atoms with E-state index in [2.05, 4.69) is 16.6 Å². The molecular weight excluding hydrogens is 114 g/mol. The fourth-order valence-corrected chi connectivity index (χ4v) is 0.181. The predicted molar refractivity (Wildman–Crippen MR) is 41.7 cm³/mol. The van der Waals surface area contributed by atoms with Crippen LogP contribution in [0, 0.1) is 0 Å². The lowest BCUT2D eigenvalue weighted by atomic mass is 10.4. The highest BCUT2D eigenvalue weighted by Crippen LogP contribution is 1.75. The molecule has 0 aliphatic carbocycles. The molecule has 0 bridgehead atoms. The SMILES string of the molecule is C=C/C(C)=N\OC.CC. The van der Waals surface area contributed by atoms with Gasteiger partial charge in [0.25, 0.3) is 0 Å². The second-order valence-electron chi connectivity index (χ2n) is 1.12. The van der Waals surface area contributed by atoms with E-state index in [4.69, 9.17) is 0 Å². The van der Waals surface area contributed by atoms with Gasteiger partial charge in [-0.2, -0.15) is 0 Å². The van der Waals surface area contributed by atoms with Crippen molar-refractivity contribution in [3.63, 3.8) is 0 Å². The van der Waals surface area contributed by atoms with Crippen molar-refractivity contribution >= 4 is 5.71 Å². The van der Waals surface area contributed by atoms with Gasteiger partial charge in [-0.25, -0.2) is 0 Å². The fourth-order valence-electron chi connectivity index (χ4n) is 0.181. The molecule has 0 unspecified atom stereocenters. The minimum Gasteiger partial charge on any atom is -0.399 e. The molecule has 0 spiro atoms. The molecule has 2 nitrogen and oxygen atoms in total. The first kappa shape index (κ1) is 11.1. The maximum absolute atomic E-state index is 4.41. The van der Waals surface area contributed by atoms with Crippen LogP contribution in [0.5, 0.6) is 0 Å². The van der Waals surface area contributed by atoms with Gasteiger partial charge >= 0.3 is 0 Å². The molecule has 9 heavy (non-hydrogen) atoms. The topological polar surface area (TPSA) is 21.6 Å². The Kier molecular flexibility index (Phi) is 12.6. The van der Waals surface area contributed by atoms with Gasteiger partial charge in [-0.1, -0.05) is 25.6 Å². The molecule has 0 aliphatic heterocycles. The Labute approximate surface area is 57.2 Å². The van der Waals surface area contributed by atoms with E-state index >= 15 is 0 Å². The zero-order valence-corrected chi connectivity index (χ0v) is 6.64. The Bertz CT molecular complexity index is 86.9. The van der Waals surface area contributed by atoms with Gasteiger partial charge < -0.3 is 4.84 Å². The van der Waals surface area contributed by atoms with Gasteiger partial charge in [0.2, 0.25) is 0 Å². The molecule has 0 atom stereocenters. The summed E-state index contributed by atoms with van der Waals surface area (Å²) >= 11 is 0. The zero-order chi connectivity index (χ0) is 7.70. The summed E-state index contributed by atoms with van der Waals surface area (Å²) in [5, 5.41) is 3.54. The van der Waals surface area contributed by atoms with Crippen molar-refractivity contribution in [1.29, 1.82) is 0 Å². The van der Waals surface area contributed by atoms with Crippen LogP contribution >= 0.6 is 0 Å². The normalized spacial score (nSPS) is 9.11. The number of allylic oxidation sites excluding steroid dienone is 1. The van der Waals surface area contributed by atoms with Gasteiger partial charge in [0.15, 0.2) is 0 Å². The number of hydrogen-bond donors (Lipinski definition) is 0. The highest BCUT2D eigenvalue weighted by molar-refractivity contribution is 5.91. The Hall–Kier alpha value is -0.790. The van der Waals surface area contributed by atoms with E-state index in [1.807, 2.05) is 20.8 Å². The molecule has 0 heterocycles. The maximum Gasteiger partial charge on any atom is 0.106 e. The Morgan fingerprint density at radius 3 is 2.11 bits per heavy atom. The molecule has 54 valence electrons. The maximum atomic E-state index is 4.41. The first-order chi connectivity index (χ1) is 4.31. The van der Waals surface area contributed by atoms with Crippen molar-refractivity contribution < 1.29 is 4.84 Å². The van der Waals surface area contributed by atoms with Gasteiger partial charge in [0.1, 0.15) is 7.11 Å². The summed E-state index contributed by atoms with van der Waals surface area (Å²) in [5.74, 6) is 0. The number of nitrogens with zero attached hydrogens (tertiary/aromatic N) is 1. The second kappa shape index (κ2) is 10.2. The Morgan fingerprint density at radius 2 is 2.00 bits per heavy atom. The van der Waals surface area contributed by atoms with E-state index in [1.165, 1.54) is 7.11 Å². The monoisotopic (exact) mass is 129 g/mol. The molecule has 0 aliphatic rings. The lowest BCUT2D eigenvalue weighted by molar-refractivity contribution is 0.213. The smallest absolute Gasteiger partial charge is 0.106 e. The van der Waals surface area contributed by atoms with Gasteiger partial charge in [-0.15, -0.1) is 0 Å². The standard InChI is InChI=1S/C5H9NO.C2H6/c1-4-5(2)6-7-3;1-2/h4H,1H2,2-3H3;1-2H3/b6-5-;. The molecule has 0 aromatic heterocycles. The van der Waals surface area contributed by atoms with Gasteiger partial charge in [-0.3, -0.25) is 0 Å². The van der Waals surface area contributed by atoms with E-state index < -0.39 is 0 Å². The van der Waals surface area contributed by atoms with Crippen molar-refractivity contribution in [3.8, 4) is 0 Å². The van der Waals surface area contributed by atoms with Gasteiger partial charge in [0, 0.05) is 0 Å². The third kappa shape index (κ3) is 11.0. The van der Waals surface area contributed by atoms with Crippen LogP contribution in [0.4, 0.5) is 0 Å². The van der Waals surface area contributed by atoms with E-state index in [0.717, 1.165) is 5.71 Å². The van der Waals surface area contributed by atoms with Gasteiger partial charge in [0.05, 0.1) is 5.71 Å². The lowest BCUT2D eigenvalue weighted by Crippen LogP contribution is -1.82. The molecule has 0 saturated carbocycles. The predicted octanol–water partition coefficient (Wildman–Crippen LogP) is 2.22. The minimum absolute atomic E-state index is 0.794. The zero-order valence-electron chi connectivity index (χ0n) is 6.64. The largest absolute Gasteiger partial charge is 0.399 e. The van der Waals surface area contributed by atoms with E-state index in [9.17, 15) is 0 Å². The molecule has 2 heteroatoms. The number of hydrogen-bond acceptors (Lipinski definition) is 2. The summed E-state index contributed by atoms with van der Waals surface area (Å²) in [6.07, 6.45) is 1.63. The Balaban J connectivity index is 0. The molecule has 0 saturated heterocycles. The summed E-state index contributed by atoms with van der Waals surface area (Å²) in [6, 6.07) is 0. The van der Waals surface area contributed by atoms with Gasteiger partial charge in [-0.05, 0) is 13.0 Å². The van der Waals surface area contributed by atoms with Crippen LogP contribution in [0.1, 0.15) is 20.8 Å². The third-order valence-corrected chi connectivity index (χ3v) is 0.531. The molecule has 0 radical (unpaired) electrons. The third-order valence-electron chi connectivity index (χ3n) is 0.531. The summed E-state index contributed by atoms with van der Waals surface area (Å²) in [7, 11) is 1.51. The average Bonchev–Trinajstić information content (AvgIpc) is 1.93. The lowest BCUT2D eigenvalue weighted by Gasteiger charge is -1.85. The second-order valence-corrected chi connectivity index (χ2v) is 1.12. The van der Waals surface area contributed by atoms with Crippen molar-refractivity contribution in [3.05, 3.63) is 12.7 Å². The molecule has 0 fully saturated rings. The molecule has 0 aromatic carbocycles. The van der Waals surface area contributed by atoms with Crippen LogP contribution in [0.15, 0.2) is 17.8 Å². The van der Waals surface area contributed by atoms with Crippen LogP contribution in [0.2, 0.25) is 0 Å². The highest BCUT2D eigenvalue weighted by Gasteiger charge is 1.74. The van der Waals surface area contributed by atoms with Crippen molar-refractivity contribution in [2.75, 3.05) is 7.11 Å². The average molecular weight is 129 g/mol. The number of rotatable bonds is 2. The van der Waals surface area contributed by atoms with Crippen LogP contribution < -0.4 is 0 Å². The summed E-state index contributed by atoms with van der Waals surface area (Å²) in [4.78, 5) is 4.41. The minimum atomic E-state index is 0.794. The first-order valence-corrected chi connectivity index (χ1v) is 3.01. The van der Waals surface area contributed by atoms with E-state index in [0.29, 0.717) is 0 Å². The van der Waals surface area contributed by atoms with E-state index in [1.54, 1.807) is 6.08 Å². The molecule has 0 amide bonds. The van der Waals surface area contributed by atoms with Crippen molar-refractivity contribution in [2.45, 2.75) is 20.8 Å². The summed E-state index contributed by atoms with van der Waals surface area (Å²) in [6.45, 7) is 9.28. The van der Waals surface area contributed by atoms with Crippen LogP contribution in [-0.4, -0.2) is 12.8 Å². The first-order valence-electron chi connectivity index (χ1n) is 3.01. The Morgan fingerprint density at radius 1 is 1.56 bits per heavy atom.